The molecule has 10 heteroatoms. The molecule has 0 atom stereocenters. The first-order valence-electron chi connectivity index (χ1n) is 9.74. The summed E-state index contributed by atoms with van der Waals surface area (Å²) < 4.78 is 47.9. The van der Waals surface area contributed by atoms with E-state index in [1.807, 2.05) is 0 Å². The summed E-state index contributed by atoms with van der Waals surface area (Å²) in [7, 11) is -4.13. The standard InChI is InChI=1S/C22H24FN3O5S/c1-5-10-26-19-9-6-15(11-20(19)31-13-22(3,4)21(26)28)25-32(29,30)16-7-8-18(17(23)12-16)24-14(2)27/h5-9,11-12,25H,1,10,13H2,2-4H3,(H,24,27). The third kappa shape index (κ3) is 4.75. The van der Waals surface area contributed by atoms with Crippen LogP contribution in [0, 0.1) is 11.2 Å². The van der Waals surface area contributed by atoms with Crippen molar-refractivity contribution in [2.45, 2.75) is 25.7 Å². The summed E-state index contributed by atoms with van der Waals surface area (Å²) in [5, 5.41) is 2.28. The SMILES string of the molecule is C=CCN1C(=O)C(C)(C)COc2cc(NS(=O)(=O)c3ccc(NC(C)=O)c(F)c3)ccc21. The fourth-order valence-electron chi connectivity index (χ4n) is 3.19. The molecular formula is C22H24FN3O5S. The molecule has 8 nitrogen and oxygen atoms in total. The summed E-state index contributed by atoms with van der Waals surface area (Å²) >= 11 is 0. The Labute approximate surface area is 186 Å². The van der Waals surface area contributed by atoms with Crippen LogP contribution in [0.5, 0.6) is 5.75 Å². The molecule has 0 fully saturated rings. The lowest BCUT2D eigenvalue weighted by Gasteiger charge is -2.27. The van der Waals surface area contributed by atoms with Gasteiger partial charge < -0.3 is 15.0 Å². The van der Waals surface area contributed by atoms with Crippen molar-refractivity contribution < 1.29 is 27.1 Å². The number of halogens is 1. The first-order valence-corrected chi connectivity index (χ1v) is 11.2. The number of nitrogens with zero attached hydrogens (tertiary/aromatic N) is 1. The number of amides is 2. The van der Waals surface area contributed by atoms with Gasteiger partial charge in [-0.3, -0.25) is 14.3 Å². The van der Waals surface area contributed by atoms with E-state index in [2.05, 4.69) is 16.6 Å². The monoisotopic (exact) mass is 461 g/mol. The third-order valence-electron chi connectivity index (χ3n) is 4.79. The molecule has 1 aliphatic heterocycles. The zero-order chi connectivity index (χ0) is 23.7. The van der Waals surface area contributed by atoms with Crippen molar-refractivity contribution >= 4 is 38.9 Å². The largest absolute Gasteiger partial charge is 0.490 e. The van der Waals surface area contributed by atoms with Gasteiger partial charge in [-0.15, -0.1) is 6.58 Å². The first-order chi connectivity index (χ1) is 14.9. The number of rotatable bonds is 6. The number of ether oxygens (including phenoxy) is 1. The average Bonchev–Trinajstić information content (AvgIpc) is 2.79. The second-order valence-corrected chi connectivity index (χ2v) is 9.67. The third-order valence-corrected chi connectivity index (χ3v) is 6.17. The van der Waals surface area contributed by atoms with Crippen LogP contribution in [-0.2, 0) is 19.6 Å². The first kappa shape index (κ1) is 23.3. The molecule has 3 rings (SSSR count). The number of hydrogen-bond acceptors (Lipinski definition) is 5. The van der Waals surface area contributed by atoms with Gasteiger partial charge in [0.1, 0.15) is 18.2 Å². The van der Waals surface area contributed by atoms with Crippen LogP contribution >= 0.6 is 0 Å². The normalized spacial score (nSPS) is 15.2. The number of nitrogens with one attached hydrogen (secondary N) is 2. The number of hydrogen-bond donors (Lipinski definition) is 2. The van der Waals surface area contributed by atoms with Gasteiger partial charge in [-0.05, 0) is 44.2 Å². The highest BCUT2D eigenvalue weighted by Crippen LogP contribution is 2.38. The fraction of sp³-hybridized carbons (Fsp3) is 0.273. The summed E-state index contributed by atoms with van der Waals surface area (Å²) in [6.07, 6.45) is 1.60. The van der Waals surface area contributed by atoms with E-state index >= 15 is 0 Å². The van der Waals surface area contributed by atoms with Gasteiger partial charge in [-0.25, -0.2) is 12.8 Å². The van der Waals surface area contributed by atoms with Crippen LogP contribution in [0.2, 0.25) is 0 Å². The lowest BCUT2D eigenvalue weighted by molar-refractivity contribution is -0.127. The highest BCUT2D eigenvalue weighted by Gasteiger charge is 2.37. The van der Waals surface area contributed by atoms with Crippen molar-refractivity contribution in [2.75, 3.05) is 28.1 Å². The topological polar surface area (TPSA) is 105 Å². The summed E-state index contributed by atoms with van der Waals surface area (Å²) in [6, 6.07) is 7.72. The summed E-state index contributed by atoms with van der Waals surface area (Å²) in [5.41, 5.74) is -0.228. The van der Waals surface area contributed by atoms with E-state index in [4.69, 9.17) is 4.74 Å². The van der Waals surface area contributed by atoms with Crippen LogP contribution in [0.3, 0.4) is 0 Å². The number of anilines is 3. The Morgan fingerprint density at radius 3 is 2.62 bits per heavy atom. The molecule has 0 radical (unpaired) electrons. The van der Waals surface area contributed by atoms with Gasteiger partial charge in [0.05, 0.1) is 27.4 Å². The minimum absolute atomic E-state index is 0.110. The number of carbonyl (C=O) groups is 2. The van der Waals surface area contributed by atoms with Crippen molar-refractivity contribution in [2.24, 2.45) is 5.41 Å². The predicted molar refractivity (Wildman–Crippen MR) is 120 cm³/mol. The molecule has 0 unspecified atom stereocenters. The minimum Gasteiger partial charge on any atom is -0.490 e. The zero-order valence-electron chi connectivity index (χ0n) is 17.9. The molecule has 0 bridgehead atoms. The maximum Gasteiger partial charge on any atom is 0.262 e. The van der Waals surface area contributed by atoms with Crippen LogP contribution in [0.1, 0.15) is 20.8 Å². The molecule has 2 N–H and O–H groups in total. The van der Waals surface area contributed by atoms with Crippen molar-refractivity contribution in [1.82, 2.24) is 0 Å². The summed E-state index contributed by atoms with van der Waals surface area (Å²) in [6.45, 7) is 8.81. The molecule has 0 saturated heterocycles. The van der Waals surface area contributed by atoms with Crippen molar-refractivity contribution in [3.63, 3.8) is 0 Å². The van der Waals surface area contributed by atoms with E-state index in [9.17, 15) is 22.4 Å². The fourth-order valence-corrected chi connectivity index (χ4v) is 4.25. The van der Waals surface area contributed by atoms with Crippen LogP contribution in [0.25, 0.3) is 0 Å². The van der Waals surface area contributed by atoms with Gasteiger partial charge in [-0.2, -0.15) is 0 Å². The maximum atomic E-state index is 14.2. The molecule has 0 saturated carbocycles. The quantitative estimate of drug-likeness (QED) is 0.641. The van der Waals surface area contributed by atoms with Gasteiger partial charge in [0, 0.05) is 19.5 Å². The molecule has 2 amide bonds. The number of carbonyl (C=O) groups excluding carboxylic acids is 2. The Morgan fingerprint density at radius 1 is 1.28 bits per heavy atom. The highest BCUT2D eigenvalue weighted by molar-refractivity contribution is 7.92. The molecule has 0 spiro atoms. The van der Waals surface area contributed by atoms with Crippen molar-refractivity contribution in [3.05, 3.63) is 54.9 Å². The zero-order valence-corrected chi connectivity index (χ0v) is 18.8. The van der Waals surface area contributed by atoms with Crippen LogP contribution in [-0.4, -0.2) is 33.4 Å². The van der Waals surface area contributed by atoms with Gasteiger partial charge in [0.2, 0.25) is 11.8 Å². The van der Waals surface area contributed by atoms with Crippen LogP contribution in [0.4, 0.5) is 21.5 Å². The molecular weight excluding hydrogens is 437 g/mol. The van der Waals surface area contributed by atoms with E-state index in [1.165, 1.54) is 36.1 Å². The van der Waals surface area contributed by atoms with Gasteiger partial charge in [0.25, 0.3) is 10.0 Å². The van der Waals surface area contributed by atoms with E-state index in [-0.39, 0.29) is 35.3 Å². The van der Waals surface area contributed by atoms with Gasteiger partial charge >= 0.3 is 0 Å². The van der Waals surface area contributed by atoms with Crippen LogP contribution in [0.15, 0.2) is 53.9 Å². The number of benzene rings is 2. The Hall–Kier alpha value is -3.40. The van der Waals surface area contributed by atoms with Crippen molar-refractivity contribution in [1.29, 1.82) is 0 Å². The Balaban J connectivity index is 1.91. The van der Waals surface area contributed by atoms with E-state index in [0.717, 1.165) is 6.07 Å². The molecule has 1 aliphatic rings. The Morgan fingerprint density at radius 2 is 2.00 bits per heavy atom. The number of fused-ring (bicyclic) bond motifs is 1. The summed E-state index contributed by atoms with van der Waals surface area (Å²) in [4.78, 5) is 25.2. The van der Waals surface area contributed by atoms with Crippen LogP contribution < -0.4 is 19.7 Å². The maximum absolute atomic E-state index is 14.2. The molecule has 32 heavy (non-hydrogen) atoms. The molecule has 1 heterocycles. The predicted octanol–water partition coefficient (Wildman–Crippen LogP) is 3.52. The number of sulfonamides is 1. The molecule has 2 aromatic rings. The molecule has 0 aromatic heterocycles. The second-order valence-electron chi connectivity index (χ2n) is 7.99. The molecule has 170 valence electrons. The van der Waals surface area contributed by atoms with E-state index in [0.29, 0.717) is 11.4 Å². The smallest absolute Gasteiger partial charge is 0.262 e. The molecule has 0 aliphatic carbocycles. The van der Waals surface area contributed by atoms with Gasteiger partial charge in [-0.1, -0.05) is 6.08 Å². The van der Waals surface area contributed by atoms with E-state index < -0.39 is 27.2 Å². The van der Waals surface area contributed by atoms with E-state index in [1.54, 1.807) is 26.0 Å². The highest BCUT2D eigenvalue weighted by atomic mass is 32.2. The summed E-state index contributed by atoms with van der Waals surface area (Å²) in [5.74, 6) is -1.17. The average molecular weight is 462 g/mol. The lowest BCUT2D eigenvalue weighted by atomic mass is 9.93. The lowest BCUT2D eigenvalue weighted by Crippen LogP contribution is -2.42. The van der Waals surface area contributed by atoms with Gasteiger partial charge in [0.15, 0.2) is 0 Å². The second kappa shape index (κ2) is 8.62. The minimum atomic E-state index is -4.13. The molecule has 2 aromatic carbocycles. The Bertz CT molecular complexity index is 1190. The van der Waals surface area contributed by atoms with Crippen molar-refractivity contribution in [3.8, 4) is 5.75 Å². The Kier molecular flexibility index (Phi) is 6.27.